The number of amides is 1. The molecule has 0 bridgehead atoms. The SMILES string of the molecule is CCc1ccc(NC(=O)c2nnc3c(-c4ccc(OC)cc4)c(COC)nn3c2C)cc1. The summed E-state index contributed by atoms with van der Waals surface area (Å²) in [6, 6.07) is 15.4. The van der Waals surface area contributed by atoms with Crippen molar-refractivity contribution in [2.75, 3.05) is 19.5 Å². The van der Waals surface area contributed by atoms with E-state index in [-0.39, 0.29) is 11.6 Å². The Labute approximate surface area is 186 Å². The van der Waals surface area contributed by atoms with Gasteiger partial charge in [0.15, 0.2) is 11.3 Å². The number of nitrogens with zero attached hydrogens (tertiary/aromatic N) is 4. The number of methoxy groups -OCH3 is 2. The Morgan fingerprint density at radius 1 is 1.03 bits per heavy atom. The minimum Gasteiger partial charge on any atom is -0.497 e. The van der Waals surface area contributed by atoms with Gasteiger partial charge in [0.1, 0.15) is 5.75 Å². The molecule has 32 heavy (non-hydrogen) atoms. The van der Waals surface area contributed by atoms with Crippen LogP contribution in [0.2, 0.25) is 0 Å². The number of anilines is 1. The highest BCUT2D eigenvalue weighted by molar-refractivity contribution is 6.03. The van der Waals surface area contributed by atoms with Crippen molar-refractivity contribution in [1.82, 2.24) is 19.8 Å². The maximum absolute atomic E-state index is 12.9. The first-order valence-corrected chi connectivity index (χ1v) is 10.3. The largest absolute Gasteiger partial charge is 0.497 e. The minimum absolute atomic E-state index is 0.213. The summed E-state index contributed by atoms with van der Waals surface area (Å²) in [7, 11) is 3.24. The molecule has 0 aliphatic heterocycles. The zero-order chi connectivity index (χ0) is 22.7. The molecule has 0 aliphatic rings. The van der Waals surface area contributed by atoms with Gasteiger partial charge in [0.2, 0.25) is 0 Å². The van der Waals surface area contributed by atoms with Crippen molar-refractivity contribution in [1.29, 1.82) is 0 Å². The number of carbonyl (C=O) groups excluding carboxylic acids is 1. The number of carbonyl (C=O) groups is 1. The van der Waals surface area contributed by atoms with Crippen molar-refractivity contribution in [3.8, 4) is 16.9 Å². The third-order valence-electron chi connectivity index (χ3n) is 5.33. The van der Waals surface area contributed by atoms with E-state index < -0.39 is 0 Å². The van der Waals surface area contributed by atoms with Gasteiger partial charge >= 0.3 is 0 Å². The smallest absolute Gasteiger partial charge is 0.278 e. The van der Waals surface area contributed by atoms with E-state index in [1.807, 2.05) is 48.5 Å². The van der Waals surface area contributed by atoms with E-state index in [2.05, 4.69) is 27.5 Å². The Bertz CT molecular complexity index is 1250. The summed E-state index contributed by atoms with van der Waals surface area (Å²) >= 11 is 0. The van der Waals surface area contributed by atoms with Gasteiger partial charge in [0.25, 0.3) is 5.91 Å². The van der Waals surface area contributed by atoms with Crippen molar-refractivity contribution >= 4 is 17.2 Å². The van der Waals surface area contributed by atoms with Crippen LogP contribution in [0.25, 0.3) is 16.8 Å². The fourth-order valence-corrected chi connectivity index (χ4v) is 3.56. The van der Waals surface area contributed by atoms with Gasteiger partial charge in [0, 0.05) is 12.8 Å². The average molecular weight is 431 g/mol. The first-order valence-electron chi connectivity index (χ1n) is 10.3. The van der Waals surface area contributed by atoms with Gasteiger partial charge in [-0.3, -0.25) is 4.79 Å². The van der Waals surface area contributed by atoms with Gasteiger partial charge in [-0.2, -0.15) is 5.10 Å². The molecule has 1 N–H and O–H groups in total. The summed E-state index contributed by atoms with van der Waals surface area (Å²) in [5, 5.41) is 16.2. The molecule has 4 rings (SSSR count). The Morgan fingerprint density at radius 2 is 1.75 bits per heavy atom. The van der Waals surface area contributed by atoms with Crippen LogP contribution < -0.4 is 10.1 Å². The zero-order valence-electron chi connectivity index (χ0n) is 18.5. The number of ether oxygens (including phenoxy) is 2. The molecule has 0 spiro atoms. The maximum Gasteiger partial charge on any atom is 0.278 e. The van der Waals surface area contributed by atoms with E-state index in [0.717, 1.165) is 23.3 Å². The van der Waals surface area contributed by atoms with E-state index in [1.54, 1.807) is 25.7 Å². The lowest BCUT2D eigenvalue weighted by Gasteiger charge is -2.08. The van der Waals surface area contributed by atoms with Crippen LogP contribution >= 0.6 is 0 Å². The molecule has 0 aliphatic carbocycles. The number of nitrogens with one attached hydrogen (secondary N) is 1. The molecule has 0 atom stereocenters. The van der Waals surface area contributed by atoms with Crippen molar-refractivity contribution < 1.29 is 14.3 Å². The van der Waals surface area contributed by atoms with Gasteiger partial charge in [0.05, 0.1) is 30.7 Å². The van der Waals surface area contributed by atoms with Crippen LogP contribution in [-0.4, -0.2) is 39.9 Å². The van der Waals surface area contributed by atoms with Crippen LogP contribution in [0.3, 0.4) is 0 Å². The number of aromatic nitrogens is 4. The van der Waals surface area contributed by atoms with Crippen LogP contribution in [-0.2, 0) is 17.8 Å². The molecular formula is C24H25N5O3. The van der Waals surface area contributed by atoms with E-state index in [9.17, 15) is 4.79 Å². The third-order valence-corrected chi connectivity index (χ3v) is 5.33. The van der Waals surface area contributed by atoms with Crippen LogP contribution in [0.5, 0.6) is 5.75 Å². The fraction of sp³-hybridized carbons (Fsp3) is 0.250. The molecule has 0 unspecified atom stereocenters. The van der Waals surface area contributed by atoms with E-state index in [4.69, 9.17) is 9.47 Å². The normalized spacial score (nSPS) is 11.0. The number of hydrogen-bond donors (Lipinski definition) is 1. The maximum atomic E-state index is 12.9. The molecular weight excluding hydrogens is 406 g/mol. The number of fused-ring (bicyclic) bond motifs is 1. The number of rotatable bonds is 7. The molecule has 4 aromatic rings. The Kier molecular flexibility index (Phi) is 6.13. The lowest BCUT2D eigenvalue weighted by molar-refractivity contribution is 0.102. The topological polar surface area (TPSA) is 90.6 Å². The molecule has 2 aromatic carbocycles. The second-order valence-electron chi connectivity index (χ2n) is 7.36. The molecule has 0 radical (unpaired) electrons. The summed E-state index contributed by atoms with van der Waals surface area (Å²) in [6.45, 7) is 4.19. The van der Waals surface area contributed by atoms with E-state index in [0.29, 0.717) is 29.3 Å². The van der Waals surface area contributed by atoms with Crippen molar-refractivity contribution in [2.24, 2.45) is 0 Å². The summed E-state index contributed by atoms with van der Waals surface area (Å²) in [5.74, 6) is 0.419. The number of hydrogen-bond acceptors (Lipinski definition) is 6. The first kappa shape index (κ1) is 21.5. The molecule has 8 nitrogen and oxygen atoms in total. The second kappa shape index (κ2) is 9.15. The fourth-order valence-electron chi connectivity index (χ4n) is 3.56. The Morgan fingerprint density at radius 3 is 2.38 bits per heavy atom. The van der Waals surface area contributed by atoms with Gasteiger partial charge in [-0.15, -0.1) is 10.2 Å². The van der Waals surface area contributed by atoms with E-state index >= 15 is 0 Å². The predicted octanol–water partition coefficient (Wildman–Crippen LogP) is 4.07. The molecule has 0 fully saturated rings. The molecule has 164 valence electrons. The van der Waals surface area contributed by atoms with Crippen molar-refractivity contribution in [3.63, 3.8) is 0 Å². The number of aryl methyl sites for hydroxylation is 2. The second-order valence-corrected chi connectivity index (χ2v) is 7.36. The lowest BCUT2D eigenvalue weighted by Crippen LogP contribution is -2.18. The summed E-state index contributed by atoms with van der Waals surface area (Å²) < 4.78 is 12.3. The minimum atomic E-state index is -0.337. The zero-order valence-corrected chi connectivity index (χ0v) is 18.5. The quantitative estimate of drug-likeness (QED) is 0.474. The highest BCUT2D eigenvalue weighted by atomic mass is 16.5. The molecule has 0 saturated heterocycles. The first-order chi connectivity index (χ1) is 15.5. The summed E-state index contributed by atoms with van der Waals surface area (Å²) in [4.78, 5) is 12.9. The van der Waals surface area contributed by atoms with Crippen molar-refractivity contribution in [3.05, 3.63) is 71.2 Å². The summed E-state index contributed by atoms with van der Waals surface area (Å²) in [6.07, 6.45) is 0.940. The molecule has 8 heteroatoms. The molecule has 2 aromatic heterocycles. The van der Waals surface area contributed by atoms with Crippen LogP contribution in [0.15, 0.2) is 48.5 Å². The summed E-state index contributed by atoms with van der Waals surface area (Å²) in [5.41, 5.74) is 5.70. The monoisotopic (exact) mass is 431 g/mol. The van der Waals surface area contributed by atoms with Gasteiger partial charge in [-0.05, 0) is 48.7 Å². The molecule has 1 amide bonds. The van der Waals surface area contributed by atoms with Gasteiger partial charge < -0.3 is 14.8 Å². The highest BCUT2D eigenvalue weighted by Crippen LogP contribution is 2.30. The molecule has 0 saturated carbocycles. The Hall–Kier alpha value is -3.78. The highest BCUT2D eigenvalue weighted by Gasteiger charge is 2.22. The van der Waals surface area contributed by atoms with Crippen LogP contribution in [0, 0.1) is 6.92 Å². The van der Waals surface area contributed by atoms with Crippen LogP contribution in [0.4, 0.5) is 5.69 Å². The Balaban J connectivity index is 1.73. The lowest BCUT2D eigenvalue weighted by atomic mass is 10.1. The van der Waals surface area contributed by atoms with Crippen molar-refractivity contribution in [2.45, 2.75) is 26.9 Å². The molecule has 2 heterocycles. The average Bonchev–Trinajstić information content (AvgIpc) is 3.19. The van der Waals surface area contributed by atoms with Gasteiger partial charge in [-0.1, -0.05) is 31.2 Å². The number of benzene rings is 2. The van der Waals surface area contributed by atoms with Gasteiger partial charge in [-0.25, -0.2) is 4.52 Å². The standard InChI is InChI=1S/C24H25N5O3/c1-5-16-6-10-18(11-7-16)25-24(30)22-15(2)29-23(27-26-22)21(20(28-29)14-31-3)17-8-12-19(32-4)13-9-17/h6-13H,5,14H2,1-4H3,(H,25,30). The van der Waals surface area contributed by atoms with E-state index in [1.165, 1.54) is 5.56 Å². The third kappa shape index (κ3) is 4.04. The van der Waals surface area contributed by atoms with Crippen LogP contribution in [0.1, 0.15) is 34.4 Å². The predicted molar refractivity (Wildman–Crippen MR) is 122 cm³/mol.